The minimum Gasteiger partial charge on any atom is -0.293 e. The van der Waals surface area contributed by atoms with Gasteiger partial charge < -0.3 is 0 Å². The normalized spacial score (nSPS) is 21.5. The van der Waals surface area contributed by atoms with E-state index in [-0.39, 0.29) is 22.6 Å². The van der Waals surface area contributed by atoms with Gasteiger partial charge in [-0.25, -0.2) is 0 Å². The van der Waals surface area contributed by atoms with Crippen molar-refractivity contribution in [2.75, 3.05) is 0 Å². The predicted octanol–water partition coefficient (Wildman–Crippen LogP) is 6.05. The van der Waals surface area contributed by atoms with Gasteiger partial charge in [0.15, 0.2) is 17.3 Å². The number of halogens is 1. The van der Waals surface area contributed by atoms with Crippen molar-refractivity contribution in [2.45, 2.75) is 18.0 Å². The van der Waals surface area contributed by atoms with E-state index in [1.165, 1.54) is 24.3 Å². The fraction of sp³-hybridized carbons (Fsp3) is 0.125. The summed E-state index contributed by atoms with van der Waals surface area (Å²) in [6.07, 6.45) is 1.64. The van der Waals surface area contributed by atoms with Crippen molar-refractivity contribution in [3.63, 3.8) is 0 Å². The number of fused-ring (bicyclic) bond motifs is 5. The fourth-order valence-corrected chi connectivity index (χ4v) is 6.86. The van der Waals surface area contributed by atoms with Crippen LogP contribution in [0, 0.1) is 15.5 Å². The lowest BCUT2D eigenvalue weighted by atomic mass is 9.63. The van der Waals surface area contributed by atoms with Crippen LogP contribution in [0.1, 0.15) is 59.7 Å². The van der Waals surface area contributed by atoms with Crippen LogP contribution in [0.4, 0.5) is 5.69 Å². The molecule has 0 saturated carbocycles. The van der Waals surface area contributed by atoms with Crippen LogP contribution in [0.15, 0.2) is 102 Å². The van der Waals surface area contributed by atoms with Crippen LogP contribution in [-0.4, -0.2) is 39.5 Å². The van der Waals surface area contributed by atoms with Crippen molar-refractivity contribution in [1.29, 1.82) is 0 Å². The number of hydrazone groups is 1. The second-order valence-corrected chi connectivity index (χ2v) is 10.8. The number of hydrogen-bond donors (Lipinski definition) is 0. The Labute approximate surface area is 239 Å². The SMILES string of the molecule is O=C(c1ccc(Cl)cc1)[C@@H]1[C@@H](c2ccc([N+](=O)[O-])cc2)C2(C(=O)c3ccccc3C2=O)[C@@H]2c3ccccc3C=NN12. The Bertz CT molecular complexity index is 1780. The summed E-state index contributed by atoms with van der Waals surface area (Å²) in [5.74, 6) is -2.14. The maximum Gasteiger partial charge on any atom is 0.269 e. The highest BCUT2D eigenvalue weighted by Crippen LogP contribution is 2.64. The quantitative estimate of drug-likeness (QED) is 0.130. The molecule has 41 heavy (non-hydrogen) atoms. The van der Waals surface area contributed by atoms with Gasteiger partial charge in [-0.3, -0.25) is 29.5 Å². The van der Waals surface area contributed by atoms with E-state index in [9.17, 15) is 24.5 Å². The van der Waals surface area contributed by atoms with E-state index in [1.807, 2.05) is 24.3 Å². The lowest BCUT2D eigenvalue weighted by Crippen LogP contribution is -2.43. The molecule has 0 unspecified atom stereocenters. The van der Waals surface area contributed by atoms with Gasteiger partial charge in [0, 0.05) is 39.8 Å². The van der Waals surface area contributed by atoms with E-state index in [2.05, 4.69) is 0 Å². The number of ketones is 3. The summed E-state index contributed by atoms with van der Waals surface area (Å²) in [4.78, 5) is 54.7. The Morgan fingerprint density at radius 2 is 1.46 bits per heavy atom. The monoisotopic (exact) mass is 561 g/mol. The Morgan fingerprint density at radius 3 is 2.10 bits per heavy atom. The second kappa shape index (κ2) is 9.04. The molecule has 3 atom stereocenters. The number of benzene rings is 4. The Kier molecular flexibility index (Phi) is 5.52. The summed E-state index contributed by atoms with van der Waals surface area (Å²) < 4.78 is 0. The van der Waals surface area contributed by atoms with Crippen molar-refractivity contribution in [2.24, 2.45) is 10.5 Å². The molecule has 1 fully saturated rings. The van der Waals surface area contributed by atoms with Crippen molar-refractivity contribution in [3.05, 3.63) is 146 Å². The molecule has 4 aromatic rings. The minimum atomic E-state index is -1.75. The Morgan fingerprint density at radius 1 is 0.854 bits per heavy atom. The van der Waals surface area contributed by atoms with Gasteiger partial charge in [-0.1, -0.05) is 72.3 Å². The van der Waals surface area contributed by atoms with Crippen LogP contribution in [0.5, 0.6) is 0 Å². The van der Waals surface area contributed by atoms with Crippen LogP contribution >= 0.6 is 11.6 Å². The number of nitrogens with zero attached hydrogens (tertiary/aromatic N) is 3. The molecular formula is C32H20ClN3O5. The number of non-ortho nitro benzene ring substituents is 1. The highest BCUT2D eigenvalue weighted by atomic mass is 35.5. The molecule has 7 rings (SSSR count). The average molecular weight is 562 g/mol. The summed E-state index contributed by atoms with van der Waals surface area (Å²) in [6, 6.07) is 24.2. The van der Waals surface area contributed by atoms with Crippen LogP contribution in [0.25, 0.3) is 0 Å². The van der Waals surface area contributed by atoms with Gasteiger partial charge in [-0.15, -0.1) is 0 Å². The number of Topliss-reactive ketones (excluding diaryl/α,β-unsaturated/α-hetero) is 3. The second-order valence-electron chi connectivity index (χ2n) is 10.4. The van der Waals surface area contributed by atoms with Gasteiger partial charge in [0.1, 0.15) is 11.5 Å². The van der Waals surface area contributed by atoms with Crippen molar-refractivity contribution in [3.8, 4) is 0 Å². The molecular weight excluding hydrogens is 542 g/mol. The molecule has 9 heteroatoms. The maximum atomic E-state index is 14.7. The van der Waals surface area contributed by atoms with Gasteiger partial charge in [0.2, 0.25) is 0 Å². The summed E-state index contributed by atoms with van der Waals surface area (Å²) in [6.45, 7) is 0. The number of hydrogen-bond acceptors (Lipinski definition) is 7. The molecule has 2 aliphatic heterocycles. The lowest BCUT2D eigenvalue weighted by molar-refractivity contribution is -0.384. The first-order valence-electron chi connectivity index (χ1n) is 13.0. The highest BCUT2D eigenvalue weighted by Gasteiger charge is 2.72. The van der Waals surface area contributed by atoms with Crippen molar-refractivity contribution < 1.29 is 19.3 Å². The van der Waals surface area contributed by atoms with Gasteiger partial charge >= 0.3 is 0 Å². The standard InChI is InChI=1S/C32H20ClN3O5/c33-21-13-9-19(10-14-21)28(37)27-26(18-11-15-22(16-12-18)36(40)41)32(30(38)24-7-3-4-8-25(24)31(32)39)29-23-6-2-1-5-20(23)17-34-35(27)29/h1-17,26-27,29H/t26-,27+,29+/m1/s1. The first kappa shape index (κ1) is 25.0. The van der Waals surface area contributed by atoms with E-state index in [1.54, 1.807) is 59.8 Å². The van der Waals surface area contributed by atoms with Crippen molar-refractivity contribution >= 4 is 40.9 Å². The summed E-state index contributed by atoms with van der Waals surface area (Å²) in [5.41, 5.74) is 0.926. The molecule has 0 aromatic heterocycles. The highest BCUT2D eigenvalue weighted by molar-refractivity contribution is 6.32. The first-order chi connectivity index (χ1) is 19.8. The molecule has 1 saturated heterocycles. The zero-order chi connectivity index (χ0) is 28.5. The molecule has 8 nitrogen and oxygen atoms in total. The van der Waals surface area contributed by atoms with Crippen LogP contribution in [-0.2, 0) is 0 Å². The molecule has 4 aromatic carbocycles. The number of nitro groups is 1. The van der Waals surface area contributed by atoms with Gasteiger partial charge in [0.25, 0.3) is 5.69 Å². The predicted molar refractivity (Wildman–Crippen MR) is 152 cm³/mol. The largest absolute Gasteiger partial charge is 0.293 e. The Balaban J connectivity index is 1.54. The van der Waals surface area contributed by atoms with Gasteiger partial charge in [-0.2, -0.15) is 5.10 Å². The third-order valence-electron chi connectivity index (χ3n) is 8.44. The third kappa shape index (κ3) is 3.40. The molecule has 1 spiro atoms. The smallest absolute Gasteiger partial charge is 0.269 e. The topological polar surface area (TPSA) is 110 Å². The van der Waals surface area contributed by atoms with Crippen LogP contribution in [0.2, 0.25) is 5.02 Å². The number of carbonyl (C=O) groups is 3. The van der Waals surface area contributed by atoms with Crippen molar-refractivity contribution in [1.82, 2.24) is 5.01 Å². The maximum absolute atomic E-state index is 14.7. The summed E-state index contributed by atoms with van der Waals surface area (Å²) in [5, 5.41) is 18.2. The summed E-state index contributed by atoms with van der Waals surface area (Å²) in [7, 11) is 0. The third-order valence-corrected chi connectivity index (χ3v) is 8.69. The molecule has 1 aliphatic carbocycles. The molecule has 0 amide bonds. The molecule has 200 valence electrons. The zero-order valence-corrected chi connectivity index (χ0v) is 22.1. The van der Waals surface area contributed by atoms with E-state index in [0.717, 1.165) is 5.56 Å². The van der Waals surface area contributed by atoms with E-state index >= 15 is 0 Å². The number of carbonyl (C=O) groups excluding carboxylic acids is 3. The number of nitro benzene ring substituents is 1. The molecule has 3 aliphatic rings. The van der Waals surface area contributed by atoms with E-state index in [0.29, 0.717) is 21.7 Å². The molecule has 0 radical (unpaired) electrons. The zero-order valence-electron chi connectivity index (χ0n) is 21.3. The average Bonchev–Trinajstić information content (AvgIpc) is 3.43. The molecule has 0 bridgehead atoms. The van der Waals surface area contributed by atoms with E-state index < -0.39 is 39.9 Å². The van der Waals surface area contributed by atoms with E-state index in [4.69, 9.17) is 16.7 Å². The summed E-state index contributed by atoms with van der Waals surface area (Å²) >= 11 is 6.11. The first-order valence-corrected chi connectivity index (χ1v) is 13.4. The molecule has 2 heterocycles. The van der Waals surface area contributed by atoms with Crippen LogP contribution < -0.4 is 0 Å². The van der Waals surface area contributed by atoms with Crippen LogP contribution in [0.3, 0.4) is 0 Å². The van der Waals surface area contributed by atoms with Gasteiger partial charge in [-0.05, 0) is 41.0 Å². The Hall–Kier alpha value is -4.95. The van der Waals surface area contributed by atoms with Gasteiger partial charge in [0.05, 0.1) is 17.2 Å². The minimum absolute atomic E-state index is 0.144. The fourth-order valence-electron chi connectivity index (χ4n) is 6.74. The lowest BCUT2D eigenvalue weighted by Gasteiger charge is -2.36. The number of rotatable bonds is 4. The molecule has 0 N–H and O–H groups in total.